The summed E-state index contributed by atoms with van der Waals surface area (Å²) in [5.41, 5.74) is 2.16. The topological polar surface area (TPSA) is 106 Å². The van der Waals surface area contributed by atoms with Gasteiger partial charge in [0.15, 0.2) is 27.3 Å². The van der Waals surface area contributed by atoms with Gasteiger partial charge in [0.25, 0.3) is 0 Å². The van der Waals surface area contributed by atoms with Crippen LogP contribution >= 0.6 is 22.7 Å². The number of fused-ring (bicyclic) bond motifs is 2. The average molecular weight is 541 g/mol. The van der Waals surface area contributed by atoms with Crippen LogP contribution in [-0.4, -0.2) is 52.0 Å². The van der Waals surface area contributed by atoms with Crippen LogP contribution in [0.25, 0.3) is 10.2 Å². The van der Waals surface area contributed by atoms with E-state index < -0.39 is 14.0 Å². The van der Waals surface area contributed by atoms with Crippen LogP contribution in [0.2, 0.25) is 25.7 Å². The number of aryl methyl sites for hydroxylation is 1. The summed E-state index contributed by atoms with van der Waals surface area (Å²) in [5.74, 6) is 0.227. The second kappa shape index (κ2) is 10.2. The molecule has 4 heterocycles. The molecule has 0 saturated carbocycles. The molecule has 0 bridgehead atoms. The summed E-state index contributed by atoms with van der Waals surface area (Å²) in [4.78, 5) is 23.1. The molecule has 1 aromatic carbocycles. The third-order valence-corrected chi connectivity index (χ3v) is 9.51. The van der Waals surface area contributed by atoms with Crippen molar-refractivity contribution < 1.29 is 14.6 Å². The molecular weight excluding hydrogens is 513 g/mol. The molecular formula is C24H28N6O3S2Si. The van der Waals surface area contributed by atoms with Gasteiger partial charge in [-0.2, -0.15) is 4.99 Å². The summed E-state index contributed by atoms with van der Waals surface area (Å²) in [5, 5.41) is 20.3. The Balaban J connectivity index is 1.45. The molecule has 12 heteroatoms. The fraction of sp³-hybridized carbons (Fsp3) is 0.375. The number of nitrogens with zero attached hydrogens (tertiary/aromatic N) is 6. The van der Waals surface area contributed by atoms with Crippen LogP contribution in [0.3, 0.4) is 0 Å². The van der Waals surface area contributed by atoms with Crippen molar-refractivity contribution in [1.29, 1.82) is 0 Å². The smallest absolute Gasteiger partial charge is 0.355 e. The third kappa shape index (κ3) is 5.41. The summed E-state index contributed by atoms with van der Waals surface area (Å²) < 4.78 is 9.30. The normalized spacial score (nSPS) is 14.4. The Morgan fingerprint density at radius 2 is 2.08 bits per heavy atom. The van der Waals surface area contributed by atoms with Crippen LogP contribution in [0.15, 0.2) is 40.7 Å². The van der Waals surface area contributed by atoms with Crippen LogP contribution in [0.4, 0.5) is 16.8 Å². The Labute approximate surface area is 217 Å². The number of aromatic nitrogens is 4. The molecule has 4 aromatic rings. The van der Waals surface area contributed by atoms with E-state index in [0.717, 1.165) is 52.6 Å². The number of carboxylic acids is 1. The van der Waals surface area contributed by atoms with E-state index in [2.05, 4.69) is 51.5 Å². The number of carbonyl (C=O) groups is 1. The molecule has 0 amide bonds. The van der Waals surface area contributed by atoms with Crippen LogP contribution < -0.4 is 9.70 Å². The molecule has 0 aliphatic carbocycles. The van der Waals surface area contributed by atoms with E-state index in [9.17, 15) is 9.90 Å². The highest BCUT2D eigenvalue weighted by Crippen LogP contribution is 2.34. The number of hydrogen-bond acceptors (Lipinski definition) is 9. The van der Waals surface area contributed by atoms with Crippen LogP contribution in [0, 0.1) is 0 Å². The SMILES string of the molecule is C[Si](C)(C)CCOCn1c(=Nc2cc3c(nn2)N(c2nc(C(=O)O)cs2)CCC3)sc2ccccc21. The van der Waals surface area contributed by atoms with Crippen molar-refractivity contribution in [2.45, 2.75) is 45.3 Å². The Morgan fingerprint density at radius 1 is 1.25 bits per heavy atom. The number of thiazole rings is 2. The van der Waals surface area contributed by atoms with E-state index >= 15 is 0 Å². The van der Waals surface area contributed by atoms with Gasteiger partial charge < -0.3 is 14.7 Å². The van der Waals surface area contributed by atoms with Crippen molar-refractivity contribution in [2.75, 3.05) is 18.1 Å². The summed E-state index contributed by atoms with van der Waals surface area (Å²) in [7, 11) is -1.17. The number of carboxylic acid groups (broad SMARTS) is 1. The lowest BCUT2D eigenvalue weighted by Gasteiger charge is -2.27. The van der Waals surface area contributed by atoms with Gasteiger partial charge in [-0.1, -0.05) is 43.1 Å². The Hall–Kier alpha value is -2.93. The molecule has 0 radical (unpaired) electrons. The average Bonchev–Trinajstić information content (AvgIpc) is 3.46. The Morgan fingerprint density at radius 3 is 2.86 bits per heavy atom. The molecule has 9 nitrogen and oxygen atoms in total. The van der Waals surface area contributed by atoms with Gasteiger partial charge in [0.05, 0.1) is 10.2 Å². The monoisotopic (exact) mass is 540 g/mol. The number of hydrogen-bond donors (Lipinski definition) is 1. The van der Waals surface area contributed by atoms with Gasteiger partial charge in [-0.15, -0.1) is 21.5 Å². The van der Waals surface area contributed by atoms with E-state index in [0.29, 0.717) is 23.5 Å². The number of para-hydroxylation sites is 1. The quantitative estimate of drug-likeness (QED) is 0.239. The molecule has 0 fully saturated rings. The summed E-state index contributed by atoms with van der Waals surface area (Å²) >= 11 is 2.91. The minimum atomic E-state index is -1.17. The van der Waals surface area contributed by atoms with Gasteiger partial charge in [0, 0.05) is 32.2 Å². The van der Waals surface area contributed by atoms with Crippen LogP contribution in [0.5, 0.6) is 0 Å². The number of benzene rings is 1. The fourth-order valence-electron chi connectivity index (χ4n) is 3.95. The van der Waals surface area contributed by atoms with Crippen molar-refractivity contribution >= 4 is 63.7 Å². The zero-order chi connectivity index (χ0) is 25.3. The van der Waals surface area contributed by atoms with Gasteiger partial charge in [-0.25, -0.2) is 9.78 Å². The standard InChI is InChI=1S/C24H28N6O3S2Si/c1-36(2,3)12-11-33-15-30-18-8-4-5-9-19(18)35-24(30)26-20-13-16-7-6-10-29(21(16)28-27-20)23-25-17(14-34-23)22(31)32/h4-5,8-9,13-14H,6-7,10-12,15H2,1-3H3,(H,31,32). The van der Waals surface area contributed by atoms with E-state index in [1.54, 1.807) is 16.7 Å². The molecule has 188 valence electrons. The zero-order valence-electron chi connectivity index (χ0n) is 20.5. The first-order chi connectivity index (χ1) is 17.3. The predicted octanol–water partition coefficient (Wildman–Crippen LogP) is 5.28. The highest BCUT2D eigenvalue weighted by Gasteiger charge is 2.24. The zero-order valence-corrected chi connectivity index (χ0v) is 23.1. The van der Waals surface area contributed by atoms with Crippen molar-refractivity contribution in [1.82, 2.24) is 19.7 Å². The molecule has 1 aliphatic heterocycles. The lowest BCUT2D eigenvalue weighted by atomic mass is 10.1. The molecule has 3 aromatic heterocycles. The van der Waals surface area contributed by atoms with Crippen molar-refractivity contribution in [3.8, 4) is 0 Å². The third-order valence-electron chi connectivity index (χ3n) is 5.88. The Bertz CT molecular complexity index is 1470. The van der Waals surface area contributed by atoms with Gasteiger partial charge in [0.1, 0.15) is 6.73 Å². The maximum absolute atomic E-state index is 11.3. The van der Waals surface area contributed by atoms with Crippen LogP contribution in [-0.2, 0) is 17.9 Å². The summed E-state index contributed by atoms with van der Waals surface area (Å²) in [6.45, 7) is 8.94. The molecule has 0 unspecified atom stereocenters. The van der Waals surface area contributed by atoms with E-state index in [1.807, 2.05) is 23.1 Å². The number of anilines is 2. The molecule has 5 rings (SSSR count). The maximum Gasteiger partial charge on any atom is 0.355 e. The predicted molar refractivity (Wildman–Crippen MR) is 146 cm³/mol. The second-order valence-corrected chi connectivity index (χ2v) is 17.3. The van der Waals surface area contributed by atoms with Crippen LogP contribution in [0.1, 0.15) is 22.5 Å². The summed E-state index contributed by atoms with van der Waals surface area (Å²) in [6.07, 6.45) is 1.77. The highest BCUT2D eigenvalue weighted by molar-refractivity contribution is 7.16. The molecule has 0 atom stereocenters. The largest absolute Gasteiger partial charge is 0.476 e. The van der Waals surface area contributed by atoms with Crippen molar-refractivity contribution in [2.24, 2.45) is 4.99 Å². The first-order valence-corrected chi connectivity index (χ1v) is 17.2. The fourth-order valence-corrected chi connectivity index (χ4v) is 6.56. The lowest BCUT2D eigenvalue weighted by molar-refractivity contribution is 0.0691. The minimum absolute atomic E-state index is 0.0445. The van der Waals surface area contributed by atoms with Gasteiger partial charge in [-0.3, -0.25) is 4.57 Å². The minimum Gasteiger partial charge on any atom is -0.476 e. The second-order valence-electron chi connectivity index (χ2n) is 9.87. The van der Waals surface area contributed by atoms with Crippen molar-refractivity contribution in [3.05, 3.63) is 51.8 Å². The number of rotatable bonds is 8. The molecule has 0 saturated heterocycles. The molecule has 1 aliphatic rings. The first-order valence-electron chi connectivity index (χ1n) is 11.8. The molecule has 1 N–H and O–H groups in total. The number of aromatic carboxylic acids is 1. The van der Waals surface area contributed by atoms with Gasteiger partial charge in [0.2, 0.25) is 0 Å². The van der Waals surface area contributed by atoms with E-state index in [1.165, 1.54) is 11.3 Å². The Kier molecular flexibility index (Phi) is 7.02. The molecule has 0 spiro atoms. The van der Waals surface area contributed by atoms with Gasteiger partial charge >= 0.3 is 5.97 Å². The summed E-state index contributed by atoms with van der Waals surface area (Å²) in [6, 6.07) is 11.3. The number of ether oxygens (including phenoxy) is 1. The van der Waals surface area contributed by atoms with Crippen molar-refractivity contribution in [3.63, 3.8) is 0 Å². The van der Waals surface area contributed by atoms with E-state index in [-0.39, 0.29) is 5.69 Å². The molecule has 36 heavy (non-hydrogen) atoms. The lowest BCUT2D eigenvalue weighted by Crippen LogP contribution is -2.26. The maximum atomic E-state index is 11.3. The first kappa shape index (κ1) is 24.7. The van der Waals surface area contributed by atoms with Gasteiger partial charge in [-0.05, 0) is 37.1 Å². The highest BCUT2D eigenvalue weighted by atomic mass is 32.1. The van der Waals surface area contributed by atoms with E-state index in [4.69, 9.17) is 9.73 Å².